The molecular weight excluding hydrogens is 132 g/mol. The highest BCUT2D eigenvalue weighted by Crippen LogP contribution is 1.60. The monoisotopic (exact) mass is 140 g/mol. The van der Waals surface area contributed by atoms with Crippen molar-refractivity contribution in [3.63, 3.8) is 0 Å². The van der Waals surface area contributed by atoms with E-state index >= 15 is 0 Å². The molecule has 0 saturated heterocycles. The average molecular weight is 141 g/mol. The van der Waals surface area contributed by atoms with Crippen LogP contribution in [-0.2, 0) is 10.8 Å². The van der Waals surface area contributed by atoms with Crippen LogP contribution in [0.15, 0.2) is 12.1 Å². The Morgan fingerprint density at radius 1 is 1.71 bits per heavy atom. The maximum absolute atomic E-state index is 9.56. The molecule has 0 aromatic heterocycles. The molecule has 0 spiro atoms. The van der Waals surface area contributed by atoms with Gasteiger partial charge < -0.3 is 0 Å². The Hall–Kier alpha value is 0.180. The number of hydrogen-bond donors (Lipinski definition) is 0. The minimum Gasteiger partial charge on any atom is -0.260 e. The zero-order valence-corrected chi connectivity index (χ0v) is 6.05. The van der Waals surface area contributed by atoms with Gasteiger partial charge in [-0.25, -0.2) is 0 Å². The van der Waals surface area contributed by atoms with Crippen molar-refractivity contribution in [2.45, 2.75) is 0 Å². The molecule has 0 aromatic carbocycles. The van der Waals surface area contributed by atoms with Crippen molar-refractivity contribution in [3.8, 4) is 0 Å². The highest BCUT2D eigenvalue weighted by Gasteiger charge is 1.57. The van der Waals surface area contributed by atoms with Gasteiger partial charge in [0.05, 0.1) is 0 Å². The lowest BCUT2D eigenvalue weighted by Crippen LogP contribution is -1.70. The molecule has 0 aliphatic heterocycles. The highest BCUT2D eigenvalue weighted by atomic mass is 35.5. The first kappa shape index (κ1) is 10.2. The molecule has 0 aromatic rings. The second-order valence-corrected chi connectivity index (χ2v) is 2.69. The van der Waals surface area contributed by atoms with Crippen LogP contribution in [0.4, 0.5) is 0 Å². The van der Waals surface area contributed by atoms with Crippen molar-refractivity contribution in [1.82, 2.24) is 0 Å². The van der Waals surface area contributed by atoms with Gasteiger partial charge in [-0.15, -0.1) is 0 Å². The van der Waals surface area contributed by atoms with Gasteiger partial charge in [0.15, 0.2) is 0 Å². The lowest BCUT2D eigenvalue weighted by molar-refractivity contribution is 0.690. The smallest absolute Gasteiger partial charge is 0.0148 e. The molecule has 0 N–H and O–H groups in total. The average Bonchev–Trinajstić information content (AvgIpc) is 1.33. The lowest BCUT2D eigenvalue weighted by Gasteiger charge is -1.60. The van der Waals surface area contributed by atoms with Crippen LogP contribution < -0.4 is 0 Å². The van der Waals surface area contributed by atoms with E-state index in [4.69, 9.17) is 11.6 Å². The van der Waals surface area contributed by atoms with Gasteiger partial charge in [0.1, 0.15) is 0 Å². The molecule has 0 rings (SSSR count). The number of halogens is 1. The van der Waals surface area contributed by atoms with Crippen LogP contribution in [0.1, 0.15) is 0 Å². The van der Waals surface area contributed by atoms with E-state index in [0.29, 0.717) is 0 Å². The molecular formula is C4H9ClOS. The summed E-state index contributed by atoms with van der Waals surface area (Å²) >= 11 is 4.76. The fourth-order valence-electron chi connectivity index (χ4n) is 0. The van der Waals surface area contributed by atoms with E-state index in [9.17, 15) is 4.21 Å². The molecule has 0 saturated carbocycles. The summed E-state index contributed by atoms with van der Waals surface area (Å²) in [5.74, 6) is 0. The molecule has 0 bridgehead atoms. The Labute approximate surface area is 51.8 Å². The maximum Gasteiger partial charge on any atom is 0.0148 e. The molecule has 0 atom stereocenters. The van der Waals surface area contributed by atoms with Crippen LogP contribution in [0, 0.1) is 0 Å². The summed E-state index contributed by atoms with van der Waals surface area (Å²) < 4.78 is 9.56. The first-order chi connectivity index (χ1) is 3.15. The zero-order valence-electron chi connectivity index (χ0n) is 4.48. The van der Waals surface area contributed by atoms with E-state index in [1.165, 1.54) is 5.54 Å². The topological polar surface area (TPSA) is 17.1 Å². The maximum atomic E-state index is 9.56. The fraction of sp³-hybridized carbons (Fsp3) is 0.500. The molecule has 1 nitrogen and oxygen atoms in total. The molecule has 0 amide bonds. The SMILES string of the molecule is C=CCl.CS(C)=O. The quantitative estimate of drug-likeness (QED) is 0.497. The molecule has 0 fully saturated rings. The molecule has 0 radical (unpaired) electrons. The van der Waals surface area contributed by atoms with Crippen LogP contribution in [0.25, 0.3) is 0 Å². The summed E-state index contributed by atoms with van der Waals surface area (Å²) in [6.45, 7) is 3.13. The lowest BCUT2D eigenvalue weighted by atomic mass is 11.3. The van der Waals surface area contributed by atoms with Gasteiger partial charge in [-0.3, -0.25) is 4.21 Å². The molecule has 0 unspecified atom stereocenters. The Morgan fingerprint density at radius 3 is 1.71 bits per heavy atom. The van der Waals surface area contributed by atoms with E-state index in [-0.39, 0.29) is 0 Å². The Morgan fingerprint density at radius 2 is 1.71 bits per heavy atom. The normalized spacial score (nSPS) is 6.86. The minimum absolute atomic E-state index is 0.611. The van der Waals surface area contributed by atoms with E-state index in [0.717, 1.165) is 0 Å². The van der Waals surface area contributed by atoms with Crippen molar-refractivity contribution in [3.05, 3.63) is 12.1 Å². The first-order valence-corrected chi connectivity index (χ1v) is 4.01. The van der Waals surface area contributed by atoms with Crippen molar-refractivity contribution < 1.29 is 4.21 Å². The molecule has 0 aliphatic carbocycles. The van der Waals surface area contributed by atoms with Gasteiger partial charge in [-0.2, -0.15) is 0 Å². The van der Waals surface area contributed by atoms with Gasteiger partial charge in [-0.1, -0.05) is 18.2 Å². The van der Waals surface area contributed by atoms with Gasteiger partial charge in [0.2, 0.25) is 0 Å². The van der Waals surface area contributed by atoms with Crippen LogP contribution in [0.2, 0.25) is 0 Å². The summed E-state index contributed by atoms with van der Waals surface area (Å²) in [5.41, 5.74) is 1.22. The predicted octanol–water partition coefficient (Wildman–Crippen LogP) is 1.36. The Kier molecular flexibility index (Phi) is 13.9. The molecule has 44 valence electrons. The predicted molar refractivity (Wildman–Crippen MR) is 36.0 cm³/mol. The van der Waals surface area contributed by atoms with Crippen molar-refractivity contribution >= 4 is 22.4 Å². The summed E-state index contributed by atoms with van der Waals surface area (Å²) in [4.78, 5) is 0. The van der Waals surface area contributed by atoms with Crippen LogP contribution in [0.3, 0.4) is 0 Å². The molecule has 0 aliphatic rings. The van der Waals surface area contributed by atoms with Gasteiger partial charge >= 0.3 is 0 Å². The third kappa shape index (κ3) is 3330. The summed E-state index contributed by atoms with van der Waals surface area (Å²) in [6.07, 6.45) is 3.28. The Bertz CT molecular complexity index is 58.7. The minimum atomic E-state index is -0.611. The van der Waals surface area contributed by atoms with Gasteiger partial charge in [0.25, 0.3) is 0 Å². The third-order valence-corrected chi connectivity index (χ3v) is 0. The van der Waals surface area contributed by atoms with Crippen LogP contribution in [-0.4, -0.2) is 16.7 Å². The van der Waals surface area contributed by atoms with E-state index in [1.54, 1.807) is 12.5 Å². The first-order valence-electron chi connectivity index (χ1n) is 1.61. The largest absolute Gasteiger partial charge is 0.260 e. The molecule has 7 heavy (non-hydrogen) atoms. The molecule has 0 heterocycles. The van der Waals surface area contributed by atoms with E-state index in [1.807, 2.05) is 0 Å². The van der Waals surface area contributed by atoms with Gasteiger partial charge in [-0.05, 0) is 5.54 Å². The third-order valence-electron chi connectivity index (χ3n) is 0. The van der Waals surface area contributed by atoms with E-state index < -0.39 is 10.8 Å². The zero-order chi connectivity index (χ0) is 6.28. The number of hydrogen-bond acceptors (Lipinski definition) is 1. The summed E-state index contributed by atoms with van der Waals surface area (Å²) in [6, 6.07) is 0. The second kappa shape index (κ2) is 9.49. The summed E-state index contributed by atoms with van der Waals surface area (Å²) in [5, 5.41) is 0. The number of rotatable bonds is 0. The second-order valence-electron chi connectivity index (χ2n) is 0.896. The van der Waals surface area contributed by atoms with Crippen molar-refractivity contribution in [1.29, 1.82) is 0 Å². The van der Waals surface area contributed by atoms with E-state index in [2.05, 4.69) is 6.58 Å². The molecule has 3 heteroatoms. The summed E-state index contributed by atoms with van der Waals surface area (Å²) in [7, 11) is -0.611. The van der Waals surface area contributed by atoms with Crippen LogP contribution in [0.5, 0.6) is 0 Å². The fourth-order valence-corrected chi connectivity index (χ4v) is 0. The standard InChI is InChI=1S/C2H3Cl.C2H6OS/c1-2-3;1-4(2)3/h2H,1H2;1-2H3. The van der Waals surface area contributed by atoms with Crippen molar-refractivity contribution in [2.75, 3.05) is 12.5 Å². The highest BCUT2D eigenvalue weighted by molar-refractivity contribution is 7.83. The van der Waals surface area contributed by atoms with Gasteiger partial charge in [0, 0.05) is 23.3 Å². The Balaban J connectivity index is 0. The van der Waals surface area contributed by atoms with Crippen LogP contribution >= 0.6 is 11.6 Å². The van der Waals surface area contributed by atoms with Crippen molar-refractivity contribution in [2.24, 2.45) is 0 Å².